The summed E-state index contributed by atoms with van der Waals surface area (Å²) >= 11 is 1.92. The molecule has 1 aliphatic heterocycles. The van der Waals surface area contributed by atoms with Gasteiger partial charge in [-0.05, 0) is 75.7 Å². The number of hydrogen-bond acceptors (Lipinski definition) is 3. The summed E-state index contributed by atoms with van der Waals surface area (Å²) in [5.74, 6) is 3.07. The summed E-state index contributed by atoms with van der Waals surface area (Å²) in [7, 11) is 0. The third-order valence-corrected chi connectivity index (χ3v) is 7.42. The standard InChI is InChI=1S/C17H24N2S/c1-2-14(18-3-1)16-19-15(10-20-16)17-7-11-4-12(8-17)6-13(5-11)9-17/h10-14,18H,1-9H2. The largest absolute Gasteiger partial charge is 0.308 e. The third-order valence-electron chi connectivity index (χ3n) is 6.46. The highest BCUT2D eigenvalue weighted by Crippen LogP contribution is 2.60. The molecule has 5 aliphatic rings. The lowest BCUT2D eigenvalue weighted by Crippen LogP contribution is -2.48. The highest BCUT2D eigenvalue weighted by Gasteiger charge is 2.52. The molecule has 5 fully saturated rings. The van der Waals surface area contributed by atoms with Crippen molar-refractivity contribution >= 4 is 11.3 Å². The number of rotatable bonds is 2. The van der Waals surface area contributed by atoms with Crippen LogP contribution in [0.1, 0.15) is 68.1 Å². The molecule has 4 aliphatic carbocycles. The Morgan fingerprint density at radius 3 is 2.40 bits per heavy atom. The van der Waals surface area contributed by atoms with Crippen LogP contribution < -0.4 is 5.32 Å². The Kier molecular flexibility index (Phi) is 2.61. The van der Waals surface area contributed by atoms with Gasteiger partial charge >= 0.3 is 0 Å². The summed E-state index contributed by atoms with van der Waals surface area (Å²) in [5.41, 5.74) is 1.97. The van der Waals surface area contributed by atoms with Gasteiger partial charge in [-0.15, -0.1) is 11.3 Å². The zero-order valence-electron chi connectivity index (χ0n) is 12.1. The lowest BCUT2D eigenvalue weighted by Gasteiger charge is -2.56. The van der Waals surface area contributed by atoms with E-state index in [1.807, 2.05) is 11.3 Å². The van der Waals surface area contributed by atoms with Crippen LogP contribution in [0, 0.1) is 17.8 Å². The first-order valence-electron chi connectivity index (χ1n) is 8.50. The number of thiazole rings is 1. The Morgan fingerprint density at radius 2 is 1.80 bits per heavy atom. The lowest BCUT2D eigenvalue weighted by atomic mass is 9.49. The molecule has 4 bridgehead atoms. The minimum atomic E-state index is 0.488. The average Bonchev–Trinajstić information content (AvgIpc) is 3.09. The third kappa shape index (κ3) is 1.75. The highest BCUT2D eigenvalue weighted by atomic mass is 32.1. The van der Waals surface area contributed by atoms with Gasteiger partial charge in [0.2, 0.25) is 0 Å². The van der Waals surface area contributed by atoms with Gasteiger partial charge in [0, 0.05) is 10.8 Å². The van der Waals surface area contributed by atoms with Crippen LogP contribution in [-0.4, -0.2) is 11.5 Å². The van der Waals surface area contributed by atoms with E-state index in [0.29, 0.717) is 11.5 Å². The van der Waals surface area contributed by atoms with Gasteiger partial charge < -0.3 is 5.32 Å². The highest BCUT2D eigenvalue weighted by molar-refractivity contribution is 7.09. The Labute approximate surface area is 125 Å². The van der Waals surface area contributed by atoms with Gasteiger partial charge in [-0.1, -0.05) is 0 Å². The van der Waals surface area contributed by atoms with Crippen molar-refractivity contribution in [3.05, 3.63) is 16.1 Å². The van der Waals surface area contributed by atoms with E-state index < -0.39 is 0 Å². The van der Waals surface area contributed by atoms with E-state index in [-0.39, 0.29) is 0 Å². The van der Waals surface area contributed by atoms with E-state index in [4.69, 9.17) is 4.98 Å². The molecule has 1 saturated heterocycles. The molecule has 2 nitrogen and oxygen atoms in total. The van der Waals surface area contributed by atoms with Gasteiger partial charge in [0.25, 0.3) is 0 Å². The minimum Gasteiger partial charge on any atom is -0.308 e. The lowest BCUT2D eigenvalue weighted by molar-refractivity contribution is -0.00700. The number of hydrogen-bond donors (Lipinski definition) is 1. The van der Waals surface area contributed by atoms with Gasteiger partial charge in [-0.25, -0.2) is 4.98 Å². The maximum absolute atomic E-state index is 5.14. The normalized spacial score (nSPS) is 46.2. The molecule has 1 N–H and O–H groups in total. The van der Waals surface area contributed by atoms with Crippen LogP contribution in [0.4, 0.5) is 0 Å². The van der Waals surface area contributed by atoms with Crippen molar-refractivity contribution < 1.29 is 0 Å². The fraction of sp³-hybridized carbons (Fsp3) is 0.824. The van der Waals surface area contributed by atoms with Crippen molar-refractivity contribution in [2.24, 2.45) is 17.8 Å². The predicted molar refractivity (Wildman–Crippen MR) is 81.9 cm³/mol. The van der Waals surface area contributed by atoms with Crippen LogP contribution in [0.5, 0.6) is 0 Å². The van der Waals surface area contributed by atoms with E-state index in [9.17, 15) is 0 Å². The number of nitrogens with one attached hydrogen (secondary N) is 1. The topological polar surface area (TPSA) is 24.9 Å². The molecule has 1 atom stereocenters. The number of nitrogens with zero attached hydrogens (tertiary/aromatic N) is 1. The van der Waals surface area contributed by atoms with Crippen LogP contribution in [0.2, 0.25) is 0 Å². The van der Waals surface area contributed by atoms with Crippen molar-refractivity contribution in [2.45, 2.75) is 62.8 Å². The number of aromatic nitrogens is 1. The minimum absolute atomic E-state index is 0.488. The summed E-state index contributed by atoms with van der Waals surface area (Å²) in [5, 5.41) is 7.40. The molecule has 108 valence electrons. The van der Waals surface area contributed by atoms with Crippen LogP contribution >= 0.6 is 11.3 Å². The molecule has 6 rings (SSSR count). The summed E-state index contributed by atoms with van der Waals surface area (Å²) in [6.07, 6.45) is 11.5. The van der Waals surface area contributed by atoms with Gasteiger partial charge in [0.05, 0.1) is 11.7 Å². The zero-order valence-corrected chi connectivity index (χ0v) is 12.9. The molecule has 1 aromatic heterocycles. The van der Waals surface area contributed by atoms with E-state index in [2.05, 4.69) is 10.7 Å². The Hall–Kier alpha value is -0.410. The quantitative estimate of drug-likeness (QED) is 0.888. The molecule has 0 spiro atoms. The Morgan fingerprint density at radius 1 is 1.10 bits per heavy atom. The first-order valence-corrected chi connectivity index (χ1v) is 9.38. The van der Waals surface area contributed by atoms with Crippen molar-refractivity contribution in [1.29, 1.82) is 0 Å². The summed E-state index contributed by atoms with van der Waals surface area (Å²) in [4.78, 5) is 5.14. The van der Waals surface area contributed by atoms with Crippen LogP contribution in [0.25, 0.3) is 0 Å². The van der Waals surface area contributed by atoms with Gasteiger partial charge in [0.1, 0.15) is 5.01 Å². The Bertz CT molecular complexity index is 480. The van der Waals surface area contributed by atoms with Gasteiger partial charge in [-0.3, -0.25) is 0 Å². The Balaban J connectivity index is 1.47. The van der Waals surface area contributed by atoms with Crippen molar-refractivity contribution in [3.63, 3.8) is 0 Å². The zero-order chi connectivity index (χ0) is 13.2. The predicted octanol–water partition coefficient (Wildman–Crippen LogP) is 4.04. The van der Waals surface area contributed by atoms with Crippen LogP contribution in [0.3, 0.4) is 0 Å². The second-order valence-electron chi connectivity index (χ2n) is 7.92. The first kappa shape index (κ1) is 12.2. The molecular weight excluding hydrogens is 264 g/mol. The van der Waals surface area contributed by atoms with Crippen LogP contribution in [0.15, 0.2) is 5.38 Å². The monoisotopic (exact) mass is 288 g/mol. The molecular formula is C17H24N2S. The van der Waals surface area contributed by atoms with Gasteiger partial charge in [-0.2, -0.15) is 0 Å². The molecule has 0 aromatic carbocycles. The molecule has 20 heavy (non-hydrogen) atoms. The fourth-order valence-electron chi connectivity index (χ4n) is 6.01. The molecule has 0 radical (unpaired) electrons. The molecule has 2 heterocycles. The maximum Gasteiger partial charge on any atom is 0.110 e. The smallest absolute Gasteiger partial charge is 0.110 e. The molecule has 1 unspecified atom stereocenters. The molecule has 1 aromatic rings. The van der Waals surface area contributed by atoms with Crippen molar-refractivity contribution in [1.82, 2.24) is 10.3 Å². The van der Waals surface area contributed by atoms with Gasteiger partial charge in [0.15, 0.2) is 0 Å². The average molecular weight is 288 g/mol. The van der Waals surface area contributed by atoms with E-state index in [0.717, 1.165) is 17.8 Å². The second-order valence-corrected chi connectivity index (χ2v) is 8.81. The van der Waals surface area contributed by atoms with E-state index >= 15 is 0 Å². The van der Waals surface area contributed by atoms with Crippen LogP contribution in [-0.2, 0) is 5.41 Å². The van der Waals surface area contributed by atoms with E-state index in [1.165, 1.54) is 68.6 Å². The SMILES string of the molecule is c1sc(C2CCCN2)nc1C12CC3CC(CC(C3)C1)C2. The summed E-state index contributed by atoms with van der Waals surface area (Å²) in [6, 6.07) is 0.558. The molecule has 4 saturated carbocycles. The fourth-order valence-corrected chi connectivity index (χ4v) is 7.06. The summed E-state index contributed by atoms with van der Waals surface area (Å²) in [6.45, 7) is 1.18. The van der Waals surface area contributed by atoms with E-state index in [1.54, 1.807) is 0 Å². The second kappa shape index (κ2) is 4.30. The maximum atomic E-state index is 5.14. The molecule has 3 heteroatoms. The molecule has 0 amide bonds. The first-order chi connectivity index (χ1) is 9.81. The van der Waals surface area contributed by atoms with Crippen molar-refractivity contribution in [3.8, 4) is 0 Å². The van der Waals surface area contributed by atoms with Crippen molar-refractivity contribution in [2.75, 3.05) is 6.54 Å². The summed E-state index contributed by atoms with van der Waals surface area (Å²) < 4.78 is 0.